The summed E-state index contributed by atoms with van der Waals surface area (Å²) in [6, 6.07) is 12.0. The fraction of sp³-hybridized carbons (Fsp3) is 0.417. The topological polar surface area (TPSA) is 63.4 Å². The van der Waals surface area contributed by atoms with Crippen molar-refractivity contribution in [2.45, 2.75) is 6.92 Å². The average molecular weight is 470 g/mol. The summed E-state index contributed by atoms with van der Waals surface area (Å²) >= 11 is 4.82. The molecule has 9 heteroatoms. The highest BCUT2D eigenvalue weighted by Gasteiger charge is 2.24. The van der Waals surface area contributed by atoms with Crippen molar-refractivity contribution in [2.24, 2.45) is 10.8 Å². The number of aryl methyl sites for hydroxylation is 1. The molecule has 0 bridgehead atoms. The number of thiocarbonyl (C=S) groups is 1. The maximum atomic E-state index is 15.3. The van der Waals surface area contributed by atoms with Crippen LogP contribution in [0.2, 0.25) is 0 Å². The van der Waals surface area contributed by atoms with Crippen LogP contribution in [0.25, 0.3) is 0 Å². The number of piperazine rings is 2. The number of para-hydroxylation sites is 1. The number of hydrogen-bond acceptors (Lipinski definition) is 6. The van der Waals surface area contributed by atoms with Crippen molar-refractivity contribution in [1.29, 1.82) is 0 Å². The van der Waals surface area contributed by atoms with Crippen LogP contribution < -0.4 is 25.9 Å². The van der Waals surface area contributed by atoms with Crippen molar-refractivity contribution in [3.05, 3.63) is 53.3 Å². The normalized spacial score (nSPS) is 17.6. The maximum Gasteiger partial charge on any atom is 0.184 e. The third-order valence-corrected chi connectivity index (χ3v) is 6.49. The lowest BCUT2D eigenvalue weighted by Gasteiger charge is -2.39. The molecule has 2 aliphatic rings. The summed E-state index contributed by atoms with van der Waals surface area (Å²) in [6.07, 6.45) is 1.59. The SMILES string of the molecule is Cc1ccccc1N1CCN(c2cc(N3CCN(C)CC3)c(/C=N/NC(N)=S)cc2F)CC1. The number of hydrazone groups is 1. The first-order chi connectivity index (χ1) is 15.9. The third kappa shape index (κ3) is 5.54. The number of nitrogens with one attached hydrogen (secondary N) is 1. The number of benzene rings is 2. The minimum Gasteiger partial charge on any atom is -0.375 e. The molecule has 0 radical (unpaired) electrons. The Hall–Kier alpha value is -2.91. The van der Waals surface area contributed by atoms with Crippen LogP contribution >= 0.6 is 12.2 Å². The van der Waals surface area contributed by atoms with E-state index in [0.717, 1.165) is 58.0 Å². The van der Waals surface area contributed by atoms with Crippen LogP contribution in [0.1, 0.15) is 11.1 Å². The molecule has 2 saturated heterocycles. The van der Waals surface area contributed by atoms with E-state index in [9.17, 15) is 0 Å². The van der Waals surface area contributed by atoms with Crippen LogP contribution in [0.15, 0.2) is 41.5 Å². The Bertz CT molecular complexity index is 1010. The minimum absolute atomic E-state index is 0.0796. The Morgan fingerprint density at radius 2 is 1.52 bits per heavy atom. The van der Waals surface area contributed by atoms with Gasteiger partial charge in [0.2, 0.25) is 0 Å². The third-order valence-electron chi connectivity index (χ3n) is 6.39. The maximum absolute atomic E-state index is 15.3. The van der Waals surface area contributed by atoms with Gasteiger partial charge in [-0.05, 0) is 50.0 Å². The van der Waals surface area contributed by atoms with E-state index >= 15 is 4.39 Å². The van der Waals surface area contributed by atoms with Crippen LogP contribution in [0, 0.1) is 12.7 Å². The summed E-state index contributed by atoms with van der Waals surface area (Å²) in [5.74, 6) is -0.242. The molecule has 2 fully saturated rings. The fourth-order valence-corrected chi connectivity index (χ4v) is 4.56. The van der Waals surface area contributed by atoms with Gasteiger partial charge in [-0.15, -0.1) is 0 Å². The zero-order chi connectivity index (χ0) is 23.4. The first-order valence-electron chi connectivity index (χ1n) is 11.3. The molecule has 2 aromatic rings. The molecule has 7 nitrogen and oxygen atoms in total. The molecule has 2 aromatic carbocycles. The van der Waals surface area contributed by atoms with Gasteiger partial charge >= 0.3 is 0 Å². The van der Waals surface area contributed by atoms with Crippen LogP contribution in [0.5, 0.6) is 0 Å². The smallest absolute Gasteiger partial charge is 0.184 e. The van der Waals surface area contributed by atoms with E-state index in [1.165, 1.54) is 11.3 Å². The molecular weight excluding hydrogens is 437 g/mol. The summed E-state index contributed by atoms with van der Waals surface area (Å²) < 4.78 is 15.3. The van der Waals surface area contributed by atoms with Gasteiger partial charge in [-0.1, -0.05) is 18.2 Å². The summed E-state index contributed by atoms with van der Waals surface area (Å²) in [7, 11) is 2.12. The number of hydrogen-bond donors (Lipinski definition) is 2. The second-order valence-electron chi connectivity index (χ2n) is 8.65. The quantitative estimate of drug-likeness (QED) is 0.396. The molecule has 0 aliphatic carbocycles. The lowest BCUT2D eigenvalue weighted by Crippen LogP contribution is -2.47. The molecular formula is C24H32FN7S. The zero-order valence-corrected chi connectivity index (χ0v) is 20.1. The highest BCUT2D eigenvalue weighted by molar-refractivity contribution is 7.80. The number of rotatable bonds is 5. The number of halogens is 1. The van der Waals surface area contributed by atoms with Crippen LogP contribution in [0.3, 0.4) is 0 Å². The molecule has 0 saturated carbocycles. The van der Waals surface area contributed by atoms with Gasteiger partial charge in [0.15, 0.2) is 5.11 Å². The van der Waals surface area contributed by atoms with Crippen LogP contribution in [-0.4, -0.2) is 75.6 Å². The Morgan fingerprint density at radius 1 is 0.939 bits per heavy atom. The number of likely N-dealkylation sites (N-methyl/N-ethyl adjacent to an activating group) is 1. The van der Waals surface area contributed by atoms with Crippen molar-refractivity contribution in [2.75, 3.05) is 74.1 Å². The van der Waals surface area contributed by atoms with Gasteiger partial charge < -0.3 is 25.3 Å². The molecule has 176 valence electrons. The molecule has 2 aliphatic heterocycles. The van der Waals surface area contributed by atoms with Gasteiger partial charge in [-0.3, -0.25) is 5.43 Å². The van der Waals surface area contributed by atoms with E-state index in [0.29, 0.717) is 11.3 Å². The van der Waals surface area contributed by atoms with Crippen molar-refractivity contribution in [1.82, 2.24) is 10.3 Å². The molecule has 0 unspecified atom stereocenters. The average Bonchev–Trinajstić information content (AvgIpc) is 2.80. The monoisotopic (exact) mass is 469 g/mol. The Morgan fingerprint density at radius 3 is 2.15 bits per heavy atom. The zero-order valence-electron chi connectivity index (χ0n) is 19.3. The predicted molar refractivity (Wildman–Crippen MR) is 139 cm³/mol. The molecule has 0 atom stereocenters. The summed E-state index contributed by atoms with van der Waals surface area (Å²) in [5, 5.41) is 4.16. The highest BCUT2D eigenvalue weighted by atomic mass is 32.1. The first kappa shape index (κ1) is 23.3. The van der Waals surface area contributed by atoms with E-state index in [-0.39, 0.29) is 10.9 Å². The molecule has 0 amide bonds. The molecule has 0 aromatic heterocycles. The molecule has 33 heavy (non-hydrogen) atoms. The number of nitrogens with two attached hydrogens (primary N) is 1. The summed E-state index contributed by atoms with van der Waals surface area (Å²) in [4.78, 5) is 9.13. The standard InChI is InChI=1S/C24H32FN7S/c1-18-5-3-4-6-21(18)30-11-13-32(14-12-30)23-16-22(31-9-7-29(2)8-10-31)19(15-20(23)25)17-27-28-24(26)33/h3-6,15-17H,7-14H2,1-2H3,(H3,26,28,33)/b27-17+. The lowest BCUT2D eigenvalue weighted by atomic mass is 10.1. The lowest BCUT2D eigenvalue weighted by molar-refractivity contribution is 0.313. The molecule has 3 N–H and O–H groups in total. The number of nitrogens with zero attached hydrogens (tertiary/aromatic N) is 5. The minimum atomic E-state index is -0.242. The first-order valence-corrected chi connectivity index (χ1v) is 11.7. The van der Waals surface area contributed by atoms with Gasteiger partial charge in [-0.2, -0.15) is 5.10 Å². The van der Waals surface area contributed by atoms with E-state index in [4.69, 9.17) is 18.0 Å². The summed E-state index contributed by atoms with van der Waals surface area (Å²) in [5.41, 5.74) is 12.9. The Balaban J connectivity index is 1.57. The largest absolute Gasteiger partial charge is 0.375 e. The van der Waals surface area contributed by atoms with Crippen molar-refractivity contribution in [3.8, 4) is 0 Å². The molecule has 4 rings (SSSR count). The van der Waals surface area contributed by atoms with Crippen LogP contribution in [-0.2, 0) is 0 Å². The van der Waals surface area contributed by atoms with Gasteiger partial charge in [0.1, 0.15) is 5.82 Å². The van der Waals surface area contributed by atoms with Crippen LogP contribution in [0.4, 0.5) is 21.5 Å². The Labute approximate surface area is 200 Å². The second-order valence-corrected chi connectivity index (χ2v) is 9.09. The van der Waals surface area contributed by atoms with E-state index < -0.39 is 0 Å². The van der Waals surface area contributed by atoms with E-state index in [1.54, 1.807) is 12.3 Å². The van der Waals surface area contributed by atoms with Crippen molar-refractivity contribution >= 4 is 40.6 Å². The van der Waals surface area contributed by atoms with Gasteiger partial charge in [0.25, 0.3) is 0 Å². The molecule has 0 spiro atoms. The van der Waals surface area contributed by atoms with Crippen molar-refractivity contribution in [3.63, 3.8) is 0 Å². The predicted octanol–water partition coefficient (Wildman–Crippen LogP) is 2.38. The fourth-order valence-electron chi connectivity index (χ4n) is 4.51. The van der Waals surface area contributed by atoms with Gasteiger partial charge in [0.05, 0.1) is 11.9 Å². The number of anilines is 3. The second kappa shape index (κ2) is 10.4. The van der Waals surface area contributed by atoms with Gasteiger partial charge in [-0.25, -0.2) is 4.39 Å². The van der Waals surface area contributed by atoms with Crippen molar-refractivity contribution < 1.29 is 4.39 Å². The van der Waals surface area contributed by atoms with Gasteiger partial charge in [0, 0.05) is 69.3 Å². The van der Waals surface area contributed by atoms with E-state index in [1.807, 2.05) is 6.07 Å². The summed E-state index contributed by atoms with van der Waals surface area (Å²) in [6.45, 7) is 9.07. The van der Waals surface area contributed by atoms with E-state index in [2.05, 4.69) is 68.4 Å². The highest BCUT2D eigenvalue weighted by Crippen LogP contribution is 2.31. The molecule has 2 heterocycles. The Kier molecular flexibility index (Phi) is 7.29.